The topological polar surface area (TPSA) is 50.5 Å². The molecule has 1 aromatic heterocycles. The van der Waals surface area contributed by atoms with Crippen molar-refractivity contribution in [3.05, 3.63) is 24.2 Å². The minimum atomic E-state index is -2.90. The molecule has 18 heavy (non-hydrogen) atoms. The van der Waals surface area contributed by atoms with E-state index in [4.69, 9.17) is 4.42 Å². The summed E-state index contributed by atoms with van der Waals surface area (Å²) in [4.78, 5) is 2.24. The van der Waals surface area contributed by atoms with Crippen molar-refractivity contribution in [1.29, 1.82) is 0 Å². The third-order valence-electron chi connectivity index (χ3n) is 3.60. The number of rotatable bonds is 4. The predicted octanol–water partition coefficient (Wildman–Crippen LogP) is 2.10. The van der Waals surface area contributed by atoms with Gasteiger partial charge in [0.1, 0.15) is 15.6 Å². The first-order valence-electron chi connectivity index (χ1n) is 6.41. The van der Waals surface area contributed by atoms with E-state index < -0.39 is 9.84 Å². The number of hydrogen-bond acceptors (Lipinski definition) is 4. The zero-order chi connectivity index (χ0) is 13.2. The van der Waals surface area contributed by atoms with Crippen LogP contribution in [0, 0.1) is 5.92 Å². The first-order chi connectivity index (χ1) is 8.46. The van der Waals surface area contributed by atoms with Crippen molar-refractivity contribution in [1.82, 2.24) is 4.90 Å². The molecule has 4 nitrogen and oxygen atoms in total. The van der Waals surface area contributed by atoms with Crippen LogP contribution in [0.15, 0.2) is 22.8 Å². The second kappa shape index (κ2) is 5.45. The average Bonchev–Trinajstić information content (AvgIpc) is 2.79. The average molecular weight is 271 g/mol. The van der Waals surface area contributed by atoms with Gasteiger partial charge in [-0.1, -0.05) is 6.92 Å². The van der Waals surface area contributed by atoms with Gasteiger partial charge in [0.15, 0.2) is 0 Å². The predicted molar refractivity (Wildman–Crippen MR) is 71.1 cm³/mol. The summed E-state index contributed by atoms with van der Waals surface area (Å²) in [6.07, 6.45) is 5.14. The van der Waals surface area contributed by atoms with Gasteiger partial charge in [-0.3, -0.25) is 4.90 Å². The Morgan fingerprint density at radius 1 is 1.50 bits per heavy atom. The fourth-order valence-electron chi connectivity index (χ4n) is 2.52. The van der Waals surface area contributed by atoms with Crippen molar-refractivity contribution in [3.63, 3.8) is 0 Å². The molecule has 1 saturated heterocycles. The second-order valence-corrected chi connectivity index (χ2v) is 7.59. The molecular formula is C13H21NO3S. The lowest BCUT2D eigenvalue weighted by molar-refractivity contribution is 0.109. The lowest BCUT2D eigenvalue weighted by Gasteiger charge is -2.37. The molecule has 0 amide bonds. The maximum absolute atomic E-state index is 11.3. The fourth-order valence-corrected chi connectivity index (χ4v) is 3.08. The van der Waals surface area contributed by atoms with Crippen LogP contribution in [0.4, 0.5) is 0 Å². The van der Waals surface area contributed by atoms with Crippen LogP contribution < -0.4 is 0 Å². The van der Waals surface area contributed by atoms with Crippen molar-refractivity contribution >= 4 is 9.84 Å². The third kappa shape index (κ3) is 3.59. The number of piperidine rings is 1. The third-order valence-corrected chi connectivity index (χ3v) is 4.52. The van der Waals surface area contributed by atoms with Crippen LogP contribution in [0.1, 0.15) is 31.6 Å². The first-order valence-corrected chi connectivity index (χ1v) is 8.47. The van der Waals surface area contributed by atoms with Crippen molar-refractivity contribution in [2.24, 2.45) is 5.92 Å². The number of likely N-dealkylation sites (tertiary alicyclic amines) is 1. The monoisotopic (exact) mass is 271 g/mol. The molecule has 0 saturated carbocycles. The van der Waals surface area contributed by atoms with Crippen LogP contribution in [-0.4, -0.2) is 38.4 Å². The molecule has 1 fully saturated rings. The second-order valence-electron chi connectivity index (χ2n) is 5.33. The minimum absolute atomic E-state index is 0.221. The number of nitrogens with zero attached hydrogens (tertiary/aromatic N) is 1. The fraction of sp³-hybridized carbons (Fsp3) is 0.692. The van der Waals surface area contributed by atoms with Crippen molar-refractivity contribution < 1.29 is 12.8 Å². The Kier molecular flexibility index (Phi) is 4.12. The van der Waals surface area contributed by atoms with Gasteiger partial charge >= 0.3 is 0 Å². The highest BCUT2D eigenvalue weighted by Crippen LogP contribution is 2.33. The van der Waals surface area contributed by atoms with Gasteiger partial charge in [-0.15, -0.1) is 0 Å². The highest BCUT2D eigenvalue weighted by Gasteiger charge is 2.29. The highest BCUT2D eigenvalue weighted by atomic mass is 32.2. The molecule has 102 valence electrons. The number of sulfone groups is 1. The minimum Gasteiger partial charge on any atom is -0.468 e. The van der Waals surface area contributed by atoms with Crippen LogP contribution in [0.3, 0.4) is 0 Å². The Labute approximate surface area is 109 Å². The molecule has 1 aromatic rings. The Morgan fingerprint density at radius 2 is 2.28 bits per heavy atom. The van der Waals surface area contributed by atoms with E-state index in [-0.39, 0.29) is 11.8 Å². The zero-order valence-electron chi connectivity index (χ0n) is 11.0. The molecule has 0 aliphatic carbocycles. The van der Waals surface area contributed by atoms with Crippen molar-refractivity contribution in [2.75, 3.05) is 25.1 Å². The molecule has 5 heteroatoms. The van der Waals surface area contributed by atoms with Gasteiger partial charge in [-0.2, -0.15) is 0 Å². The molecule has 0 spiro atoms. The summed E-state index contributed by atoms with van der Waals surface area (Å²) in [6, 6.07) is 4.10. The van der Waals surface area contributed by atoms with Gasteiger partial charge in [0.25, 0.3) is 0 Å². The van der Waals surface area contributed by atoms with Gasteiger partial charge in [0, 0.05) is 12.8 Å². The molecule has 1 aliphatic rings. The van der Waals surface area contributed by atoms with Gasteiger partial charge < -0.3 is 4.42 Å². The lowest BCUT2D eigenvalue weighted by Crippen LogP contribution is -2.38. The van der Waals surface area contributed by atoms with Crippen LogP contribution >= 0.6 is 0 Å². The van der Waals surface area contributed by atoms with Gasteiger partial charge in [-0.05, 0) is 37.4 Å². The van der Waals surface area contributed by atoms with E-state index in [0.29, 0.717) is 12.5 Å². The van der Waals surface area contributed by atoms with E-state index in [0.717, 1.165) is 25.1 Å². The van der Waals surface area contributed by atoms with E-state index in [2.05, 4.69) is 11.8 Å². The van der Waals surface area contributed by atoms with Gasteiger partial charge in [0.2, 0.25) is 0 Å². The van der Waals surface area contributed by atoms with Crippen LogP contribution in [-0.2, 0) is 9.84 Å². The number of furan rings is 1. The summed E-state index contributed by atoms with van der Waals surface area (Å²) in [7, 11) is -2.90. The Bertz CT molecular complexity index is 466. The molecule has 1 aliphatic heterocycles. The van der Waals surface area contributed by atoms with Crippen molar-refractivity contribution in [3.8, 4) is 0 Å². The molecule has 2 heterocycles. The van der Waals surface area contributed by atoms with Gasteiger partial charge in [-0.25, -0.2) is 8.42 Å². The largest absolute Gasteiger partial charge is 0.468 e. The summed E-state index contributed by atoms with van der Waals surface area (Å²) < 4.78 is 28.1. The van der Waals surface area contributed by atoms with E-state index in [1.54, 1.807) is 6.26 Å². The summed E-state index contributed by atoms with van der Waals surface area (Å²) in [6.45, 7) is 3.78. The summed E-state index contributed by atoms with van der Waals surface area (Å²) in [5.41, 5.74) is 0. The van der Waals surface area contributed by atoms with E-state index in [9.17, 15) is 8.42 Å². The Morgan fingerprint density at radius 3 is 2.89 bits per heavy atom. The summed E-state index contributed by atoms with van der Waals surface area (Å²) in [5.74, 6) is 1.84. The van der Waals surface area contributed by atoms with Crippen LogP contribution in [0.25, 0.3) is 0 Å². The van der Waals surface area contributed by atoms with Crippen LogP contribution in [0.5, 0.6) is 0 Å². The zero-order valence-corrected chi connectivity index (χ0v) is 11.8. The standard InChI is InChI=1S/C13H21NO3S/c1-11-5-6-14(7-9-18(2,15)16)12(10-11)13-4-3-8-17-13/h3-4,8,11-12H,5-7,9-10H2,1-2H3. The molecule has 0 bridgehead atoms. The maximum Gasteiger partial charge on any atom is 0.148 e. The lowest BCUT2D eigenvalue weighted by atomic mass is 9.91. The summed E-state index contributed by atoms with van der Waals surface area (Å²) in [5, 5.41) is 0. The van der Waals surface area contributed by atoms with E-state index in [1.807, 2.05) is 12.1 Å². The Hall–Kier alpha value is -0.810. The molecule has 0 radical (unpaired) electrons. The molecule has 0 aromatic carbocycles. The quantitative estimate of drug-likeness (QED) is 0.841. The molecule has 2 atom stereocenters. The van der Waals surface area contributed by atoms with Gasteiger partial charge in [0.05, 0.1) is 18.1 Å². The molecule has 2 rings (SSSR count). The molecule has 2 unspecified atom stereocenters. The number of hydrogen-bond donors (Lipinski definition) is 0. The smallest absolute Gasteiger partial charge is 0.148 e. The normalized spacial score (nSPS) is 26.3. The molecule has 0 N–H and O–H groups in total. The SMILES string of the molecule is CC1CCN(CCS(C)(=O)=O)C(c2ccco2)C1. The molecular weight excluding hydrogens is 250 g/mol. The Balaban J connectivity index is 2.06. The van der Waals surface area contributed by atoms with E-state index >= 15 is 0 Å². The van der Waals surface area contributed by atoms with Crippen LogP contribution in [0.2, 0.25) is 0 Å². The maximum atomic E-state index is 11.3. The first kappa shape index (κ1) is 13.6. The van der Waals surface area contributed by atoms with E-state index in [1.165, 1.54) is 6.26 Å². The van der Waals surface area contributed by atoms with Crippen molar-refractivity contribution in [2.45, 2.75) is 25.8 Å². The highest BCUT2D eigenvalue weighted by molar-refractivity contribution is 7.90. The summed E-state index contributed by atoms with van der Waals surface area (Å²) >= 11 is 0.